The summed E-state index contributed by atoms with van der Waals surface area (Å²) in [5.74, 6) is 0.806. The van der Waals surface area contributed by atoms with Crippen LogP contribution in [0.1, 0.15) is 11.1 Å². The van der Waals surface area contributed by atoms with E-state index in [9.17, 15) is 0 Å². The third-order valence-electron chi connectivity index (χ3n) is 3.05. The maximum Gasteiger partial charge on any atom is 0.166 e. The van der Waals surface area contributed by atoms with Gasteiger partial charge in [-0.2, -0.15) is 0 Å². The molecule has 0 aliphatic heterocycles. The Kier molecular flexibility index (Phi) is 3.59. The number of H-pyrrole nitrogens is 1. The molecule has 0 radical (unpaired) electrons. The number of benzene rings is 2. The number of anilines is 1. The highest BCUT2D eigenvalue weighted by molar-refractivity contribution is 7.98. The quantitative estimate of drug-likeness (QED) is 0.557. The highest BCUT2D eigenvalue weighted by Gasteiger charge is 2.05. The van der Waals surface area contributed by atoms with E-state index in [1.54, 1.807) is 11.8 Å². The number of aromatic amines is 1. The number of hydrogen-bond donors (Lipinski definition) is 2. The standard InChI is InChI=1S/C15H14ClN3S/c1-9-2-5-13-14(6-9)19-15(18-13)20-8-10-3-4-11(16)12(17)7-10/h2-7H,8,17H2,1H3,(H,18,19). The van der Waals surface area contributed by atoms with Gasteiger partial charge in [-0.05, 0) is 42.3 Å². The molecule has 0 aliphatic rings. The van der Waals surface area contributed by atoms with Gasteiger partial charge in [-0.3, -0.25) is 0 Å². The van der Waals surface area contributed by atoms with Crippen molar-refractivity contribution in [2.75, 3.05) is 5.73 Å². The Labute approximate surface area is 126 Å². The minimum Gasteiger partial charge on any atom is -0.398 e. The lowest BCUT2D eigenvalue weighted by atomic mass is 10.2. The second kappa shape index (κ2) is 5.38. The number of nitrogens with one attached hydrogen (secondary N) is 1. The van der Waals surface area contributed by atoms with Crippen LogP contribution in [0.25, 0.3) is 11.0 Å². The van der Waals surface area contributed by atoms with E-state index in [-0.39, 0.29) is 0 Å². The van der Waals surface area contributed by atoms with E-state index in [0.29, 0.717) is 10.7 Å². The van der Waals surface area contributed by atoms with Gasteiger partial charge >= 0.3 is 0 Å². The molecule has 2 aromatic carbocycles. The fraction of sp³-hybridized carbons (Fsp3) is 0.133. The lowest BCUT2D eigenvalue weighted by Gasteiger charge is -2.02. The minimum absolute atomic E-state index is 0.595. The molecule has 0 atom stereocenters. The zero-order valence-corrected chi connectivity index (χ0v) is 12.6. The summed E-state index contributed by atoms with van der Waals surface area (Å²) in [5, 5.41) is 1.51. The van der Waals surface area contributed by atoms with Crippen LogP contribution < -0.4 is 5.73 Å². The Morgan fingerprint density at radius 1 is 1.25 bits per heavy atom. The minimum atomic E-state index is 0.595. The predicted molar refractivity (Wildman–Crippen MR) is 86.3 cm³/mol. The Morgan fingerprint density at radius 3 is 2.90 bits per heavy atom. The maximum absolute atomic E-state index is 5.92. The number of nitrogens with zero attached hydrogens (tertiary/aromatic N) is 1. The van der Waals surface area contributed by atoms with E-state index >= 15 is 0 Å². The van der Waals surface area contributed by atoms with E-state index in [0.717, 1.165) is 27.5 Å². The van der Waals surface area contributed by atoms with Crippen molar-refractivity contribution in [2.24, 2.45) is 0 Å². The van der Waals surface area contributed by atoms with Crippen LogP contribution in [0.2, 0.25) is 5.02 Å². The molecule has 1 aromatic heterocycles. The molecule has 0 spiro atoms. The highest BCUT2D eigenvalue weighted by Crippen LogP contribution is 2.26. The van der Waals surface area contributed by atoms with Crippen molar-refractivity contribution < 1.29 is 0 Å². The van der Waals surface area contributed by atoms with Gasteiger partial charge in [-0.1, -0.05) is 35.5 Å². The van der Waals surface area contributed by atoms with Gasteiger partial charge in [-0.15, -0.1) is 0 Å². The molecule has 20 heavy (non-hydrogen) atoms. The van der Waals surface area contributed by atoms with Gasteiger partial charge in [0.2, 0.25) is 0 Å². The molecular formula is C15H14ClN3S. The summed E-state index contributed by atoms with van der Waals surface area (Å²) in [5.41, 5.74) is 10.8. The van der Waals surface area contributed by atoms with Crippen LogP contribution >= 0.6 is 23.4 Å². The molecule has 3 aromatic rings. The normalized spacial score (nSPS) is 11.1. The first-order chi connectivity index (χ1) is 9.61. The van der Waals surface area contributed by atoms with Gasteiger partial charge in [0.05, 0.1) is 21.7 Å². The van der Waals surface area contributed by atoms with Crippen LogP contribution in [0.5, 0.6) is 0 Å². The lowest BCUT2D eigenvalue weighted by Crippen LogP contribution is -1.89. The zero-order valence-electron chi connectivity index (χ0n) is 11.0. The fourth-order valence-electron chi connectivity index (χ4n) is 2.00. The third-order valence-corrected chi connectivity index (χ3v) is 4.34. The number of halogens is 1. The largest absolute Gasteiger partial charge is 0.398 e. The second-order valence-electron chi connectivity index (χ2n) is 4.71. The predicted octanol–water partition coefficient (Wildman–Crippen LogP) is 4.40. The zero-order chi connectivity index (χ0) is 14.1. The summed E-state index contributed by atoms with van der Waals surface area (Å²) in [7, 11) is 0. The molecule has 3 nitrogen and oxygen atoms in total. The molecule has 102 valence electrons. The number of rotatable bonds is 3. The van der Waals surface area contributed by atoms with Crippen LogP contribution in [0.3, 0.4) is 0 Å². The molecule has 0 saturated heterocycles. The third kappa shape index (κ3) is 2.76. The van der Waals surface area contributed by atoms with Gasteiger partial charge in [-0.25, -0.2) is 4.98 Å². The summed E-state index contributed by atoms with van der Waals surface area (Å²) in [6.07, 6.45) is 0. The van der Waals surface area contributed by atoms with E-state index in [1.165, 1.54) is 5.56 Å². The Bertz CT molecular complexity index is 767. The summed E-state index contributed by atoms with van der Waals surface area (Å²) in [6.45, 7) is 2.07. The average molecular weight is 304 g/mol. The van der Waals surface area contributed by atoms with Crippen molar-refractivity contribution in [3.05, 3.63) is 52.5 Å². The molecule has 0 aliphatic carbocycles. The van der Waals surface area contributed by atoms with Crippen LogP contribution in [0.15, 0.2) is 41.6 Å². The van der Waals surface area contributed by atoms with Gasteiger partial charge in [0, 0.05) is 5.75 Å². The topological polar surface area (TPSA) is 54.7 Å². The van der Waals surface area contributed by atoms with Gasteiger partial charge in [0.1, 0.15) is 0 Å². The van der Waals surface area contributed by atoms with Crippen molar-refractivity contribution in [2.45, 2.75) is 17.8 Å². The second-order valence-corrected chi connectivity index (χ2v) is 6.08. The average Bonchev–Trinajstić information content (AvgIpc) is 2.82. The van der Waals surface area contributed by atoms with Crippen LogP contribution in [0.4, 0.5) is 5.69 Å². The van der Waals surface area contributed by atoms with Crippen molar-refractivity contribution in [3.8, 4) is 0 Å². The van der Waals surface area contributed by atoms with E-state index < -0.39 is 0 Å². The van der Waals surface area contributed by atoms with E-state index in [2.05, 4.69) is 29.0 Å². The summed E-state index contributed by atoms with van der Waals surface area (Å²) in [4.78, 5) is 7.89. The number of aromatic nitrogens is 2. The first-order valence-electron chi connectivity index (χ1n) is 6.25. The molecule has 0 amide bonds. The summed E-state index contributed by atoms with van der Waals surface area (Å²) in [6, 6.07) is 11.9. The van der Waals surface area contributed by atoms with E-state index in [4.69, 9.17) is 17.3 Å². The highest BCUT2D eigenvalue weighted by atomic mass is 35.5. The SMILES string of the molecule is Cc1ccc2nc(SCc3ccc(Cl)c(N)c3)[nH]c2c1. The molecule has 0 saturated carbocycles. The van der Waals surface area contributed by atoms with Crippen LogP contribution in [0, 0.1) is 6.92 Å². The lowest BCUT2D eigenvalue weighted by molar-refractivity contribution is 1.08. The number of fused-ring (bicyclic) bond motifs is 1. The van der Waals surface area contributed by atoms with E-state index in [1.807, 2.05) is 24.3 Å². The van der Waals surface area contributed by atoms with Crippen molar-refractivity contribution in [1.82, 2.24) is 9.97 Å². The molecule has 3 rings (SSSR count). The number of nitrogen functional groups attached to an aromatic ring is 1. The fourth-order valence-corrected chi connectivity index (χ4v) is 2.95. The molecule has 0 unspecified atom stereocenters. The van der Waals surface area contributed by atoms with Crippen molar-refractivity contribution >= 4 is 40.1 Å². The smallest absolute Gasteiger partial charge is 0.166 e. The van der Waals surface area contributed by atoms with Gasteiger partial charge in [0.15, 0.2) is 5.16 Å². The summed E-state index contributed by atoms with van der Waals surface area (Å²) < 4.78 is 0. The molecule has 0 fully saturated rings. The number of thioether (sulfide) groups is 1. The molecule has 0 bridgehead atoms. The Morgan fingerprint density at radius 2 is 2.10 bits per heavy atom. The molecule has 5 heteroatoms. The van der Waals surface area contributed by atoms with Crippen LogP contribution in [-0.4, -0.2) is 9.97 Å². The van der Waals surface area contributed by atoms with Gasteiger partial charge < -0.3 is 10.7 Å². The molecule has 3 N–H and O–H groups in total. The Balaban J connectivity index is 1.77. The van der Waals surface area contributed by atoms with Crippen molar-refractivity contribution in [1.29, 1.82) is 0 Å². The van der Waals surface area contributed by atoms with Crippen molar-refractivity contribution in [3.63, 3.8) is 0 Å². The first kappa shape index (κ1) is 13.3. The Hall–Kier alpha value is -1.65. The maximum atomic E-state index is 5.92. The number of imidazole rings is 1. The number of hydrogen-bond acceptors (Lipinski definition) is 3. The number of aryl methyl sites for hydroxylation is 1. The van der Waals surface area contributed by atoms with Gasteiger partial charge in [0.25, 0.3) is 0 Å². The monoisotopic (exact) mass is 303 g/mol. The molecular weight excluding hydrogens is 290 g/mol. The number of nitrogens with two attached hydrogens (primary N) is 1. The van der Waals surface area contributed by atoms with Crippen LogP contribution in [-0.2, 0) is 5.75 Å². The summed E-state index contributed by atoms with van der Waals surface area (Å²) >= 11 is 7.57. The first-order valence-corrected chi connectivity index (χ1v) is 7.61. The molecule has 1 heterocycles.